The third-order valence-electron chi connectivity index (χ3n) is 3.48. The summed E-state index contributed by atoms with van der Waals surface area (Å²) in [5.41, 5.74) is 0.0113. The van der Waals surface area contributed by atoms with Crippen LogP contribution in [0.25, 0.3) is 0 Å². The van der Waals surface area contributed by atoms with E-state index in [1.807, 2.05) is 0 Å². The van der Waals surface area contributed by atoms with E-state index in [1.165, 1.54) is 25.3 Å². The monoisotopic (exact) mass is 370 g/mol. The van der Waals surface area contributed by atoms with E-state index in [0.29, 0.717) is 12.5 Å². The first-order valence-corrected chi connectivity index (χ1v) is 9.46. The van der Waals surface area contributed by atoms with Crippen molar-refractivity contribution in [3.8, 4) is 0 Å². The number of halogens is 3. The van der Waals surface area contributed by atoms with Crippen molar-refractivity contribution in [2.24, 2.45) is 5.92 Å². The van der Waals surface area contributed by atoms with E-state index in [-0.39, 0.29) is 15.6 Å². The van der Waals surface area contributed by atoms with Gasteiger partial charge in [-0.15, -0.1) is 0 Å². The predicted molar refractivity (Wildman–Crippen MR) is 81.7 cm³/mol. The first kappa shape index (κ1) is 16.9. The number of ether oxygens (including phenoxy) is 1. The Kier molecular flexibility index (Phi) is 5.41. The summed E-state index contributed by atoms with van der Waals surface area (Å²) in [4.78, 5) is 11.5. The fraction of sp³-hybridized carbons (Fsp3) is 0.462. The van der Waals surface area contributed by atoms with Crippen LogP contribution in [-0.2, 0) is 13.8 Å². The minimum Gasteiger partial charge on any atom is -0.462 e. The Hall–Kier alpha value is -0.490. The highest BCUT2D eigenvalue weighted by atomic mass is 35.7. The zero-order chi connectivity index (χ0) is 15.6. The van der Waals surface area contributed by atoms with E-state index >= 15 is 0 Å². The van der Waals surface area contributed by atoms with Gasteiger partial charge in [0.1, 0.15) is 4.90 Å². The lowest BCUT2D eigenvalue weighted by atomic mass is 9.83. The molecule has 0 aliphatic heterocycles. The molecule has 21 heavy (non-hydrogen) atoms. The molecule has 4 nitrogen and oxygen atoms in total. The maximum atomic E-state index is 11.9. The molecule has 0 N–H and O–H groups in total. The molecule has 0 radical (unpaired) electrons. The molecule has 0 atom stereocenters. The van der Waals surface area contributed by atoms with Gasteiger partial charge < -0.3 is 4.74 Å². The number of carbonyl (C=O) groups excluding carboxylic acids is 1. The molecule has 0 heterocycles. The molecule has 1 aromatic carbocycles. The van der Waals surface area contributed by atoms with Gasteiger partial charge in [0, 0.05) is 10.7 Å². The number of esters is 1. The van der Waals surface area contributed by atoms with Gasteiger partial charge in [-0.1, -0.05) is 42.5 Å². The van der Waals surface area contributed by atoms with Crippen LogP contribution in [0.3, 0.4) is 0 Å². The number of hydrogen-bond acceptors (Lipinski definition) is 4. The van der Waals surface area contributed by atoms with E-state index in [2.05, 4.69) is 0 Å². The molecule has 0 aromatic heterocycles. The van der Waals surface area contributed by atoms with E-state index in [1.54, 1.807) is 0 Å². The van der Waals surface area contributed by atoms with Gasteiger partial charge >= 0.3 is 5.97 Å². The first-order valence-electron chi connectivity index (χ1n) is 6.40. The molecule has 1 aliphatic carbocycles. The van der Waals surface area contributed by atoms with Gasteiger partial charge in [0.2, 0.25) is 0 Å². The second kappa shape index (κ2) is 6.73. The highest BCUT2D eigenvalue weighted by molar-refractivity contribution is 8.13. The lowest BCUT2D eigenvalue weighted by Crippen LogP contribution is -2.15. The van der Waals surface area contributed by atoms with Crippen LogP contribution in [0.5, 0.6) is 0 Å². The Morgan fingerprint density at radius 2 is 1.95 bits per heavy atom. The van der Waals surface area contributed by atoms with Gasteiger partial charge in [0.25, 0.3) is 9.05 Å². The van der Waals surface area contributed by atoms with Crippen molar-refractivity contribution in [1.82, 2.24) is 0 Å². The largest absolute Gasteiger partial charge is 0.462 e. The normalized spacial score (nSPS) is 15.6. The zero-order valence-electron chi connectivity index (χ0n) is 10.9. The minimum atomic E-state index is -4.09. The molecule has 1 aliphatic rings. The van der Waals surface area contributed by atoms with Gasteiger partial charge in [-0.25, -0.2) is 13.2 Å². The molecular weight excluding hydrogens is 359 g/mol. The molecule has 0 saturated heterocycles. The molecular formula is C13H13Cl3O4S. The first-order chi connectivity index (χ1) is 9.79. The van der Waals surface area contributed by atoms with Crippen LogP contribution < -0.4 is 0 Å². The summed E-state index contributed by atoms with van der Waals surface area (Å²) in [5, 5.41) is -0.276. The standard InChI is InChI=1S/C13H13Cl3O4S/c14-10-6-9(7-11(12(10)15)21(16,18)19)13(17)20-5-4-8-2-1-3-8/h6-8H,1-5H2. The van der Waals surface area contributed by atoms with Crippen molar-refractivity contribution in [3.63, 3.8) is 0 Å². The molecule has 0 bridgehead atoms. The third-order valence-corrected chi connectivity index (χ3v) is 5.74. The molecule has 8 heteroatoms. The second-order valence-corrected chi connectivity index (χ2v) is 8.25. The molecule has 1 saturated carbocycles. The van der Waals surface area contributed by atoms with Crippen molar-refractivity contribution in [2.75, 3.05) is 6.61 Å². The lowest BCUT2D eigenvalue weighted by Gasteiger charge is -2.24. The molecule has 0 amide bonds. The minimum absolute atomic E-state index is 0.0113. The van der Waals surface area contributed by atoms with Gasteiger partial charge in [0.05, 0.1) is 22.2 Å². The smallest absolute Gasteiger partial charge is 0.338 e. The number of rotatable bonds is 5. The maximum Gasteiger partial charge on any atom is 0.338 e. The summed E-state index contributed by atoms with van der Waals surface area (Å²) in [6.45, 7) is 0.298. The Morgan fingerprint density at radius 1 is 1.29 bits per heavy atom. The van der Waals surface area contributed by atoms with Crippen LogP contribution in [0.15, 0.2) is 17.0 Å². The SMILES string of the molecule is O=C(OCCC1CCC1)c1cc(Cl)c(Cl)c(S(=O)(=O)Cl)c1. The topological polar surface area (TPSA) is 60.4 Å². The fourth-order valence-electron chi connectivity index (χ4n) is 2.04. The molecule has 0 unspecified atom stereocenters. The van der Waals surface area contributed by atoms with Crippen LogP contribution in [0.4, 0.5) is 0 Å². The molecule has 1 fully saturated rings. The number of hydrogen-bond donors (Lipinski definition) is 0. The maximum absolute atomic E-state index is 11.9. The van der Waals surface area contributed by atoms with Crippen LogP contribution in [0.1, 0.15) is 36.0 Å². The Balaban J connectivity index is 2.11. The van der Waals surface area contributed by atoms with E-state index < -0.39 is 19.9 Å². The Morgan fingerprint density at radius 3 is 2.48 bits per heavy atom. The highest BCUT2D eigenvalue weighted by Gasteiger charge is 2.22. The fourth-order valence-corrected chi connectivity index (χ4v) is 3.81. The van der Waals surface area contributed by atoms with Gasteiger partial charge in [0.15, 0.2) is 0 Å². The average Bonchev–Trinajstić information content (AvgIpc) is 2.33. The Labute approximate surface area is 137 Å². The quantitative estimate of drug-likeness (QED) is 0.573. The van der Waals surface area contributed by atoms with Crippen LogP contribution in [0, 0.1) is 5.92 Å². The van der Waals surface area contributed by atoms with Crippen molar-refractivity contribution < 1.29 is 17.9 Å². The van der Waals surface area contributed by atoms with E-state index in [0.717, 1.165) is 12.5 Å². The molecule has 116 valence electrons. The summed E-state index contributed by atoms with van der Waals surface area (Å²) in [6, 6.07) is 2.34. The second-order valence-electron chi connectivity index (χ2n) is 4.93. The average molecular weight is 372 g/mol. The molecule has 0 spiro atoms. The van der Waals surface area contributed by atoms with Gasteiger partial charge in [-0.2, -0.15) is 0 Å². The van der Waals surface area contributed by atoms with Gasteiger partial charge in [-0.3, -0.25) is 0 Å². The summed E-state index contributed by atoms with van der Waals surface area (Å²) in [6.07, 6.45) is 4.37. The Bertz CT molecular complexity index is 654. The number of benzene rings is 1. The van der Waals surface area contributed by atoms with E-state index in [4.69, 9.17) is 38.6 Å². The third kappa shape index (κ3) is 4.25. The summed E-state index contributed by atoms with van der Waals surface area (Å²) >= 11 is 11.6. The summed E-state index contributed by atoms with van der Waals surface area (Å²) < 4.78 is 27.9. The molecule has 2 rings (SSSR count). The van der Waals surface area contributed by atoms with Crippen molar-refractivity contribution in [3.05, 3.63) is 27.7 Å². The highest BCUT2D eigenvalue weighted by Crippen LogP contribution is 2.33. The van der Waals surface area contributed by atoms with E-state index in [9.17, 15) is 13.2 Å². The van der Waals surface area contributed by atoms with Crippen molar-refractivity contribution in [1.29, 1.82) is 0 Å². The summed E-state index contributed by atoms with van der Waals surface area (Å²) in [7, 11) is 1.17. The predicted octanol–water partition coefficient (Wildman–Crippen LogP) is 4.27. The lowest BCUT2D eigenvalue weighted by molar-refractivity contribution is 0.0464. The van der Waals surface area contributed by atoms with Crippen molar-refractivity contribution in [2.45, 2.75) is 30.6 Å². The molecule has 1 aromatic rings. The van der Waals surface area contributed by atoms with Crippen LogP contribution >= 0.6 is 33.9 Å². The zero-order valence-corrected chi connectivity index (χ0v) is 14.0. The van der Waals surface area contributed by atoms with Crippen LogP contribution in [-0.4, -0.2) is 21.0 Å². The van der Waals surface area contributed by atoms with Crippen LogP contribution in [0.2, 0.25) is 10.0 Å². The van der Waals surface area contributed by atoms with Crippen molar-refractivity contribution >= 4 is 48.9 Å². The number of carbonyl (C=O) groups is 1. The van der Waals surface area contributed by atoms with Gasteiger partial charge in [-0.05, 0) is 24.5 Å². The summed E-state index contributed by atoms with van der Waals surface area (Å²) in [5.74, 6) is -0.0279.